The molecule has 2 atom stereocenters. The molecule has 3 rings (SSSR count). The SMILES string of the molecule is [B]c1c(C([B])([B])[B])nc(N2CC3CNCC3C2)nc1C([B])([B])[B]. The standard InChI is InChI=1S/C12H11B7N4/c13-7-8(11(14,15)16)21-10(22-9(7)12(17,18)19)23-3-5-1-20-2-6(5)4-23/h5-6,20H,1-4H2. The summed E-state index contributed by atoms with van der Waals surface area (Å²) in [6, 6.07) is 0. The van der Waals surface area contributed by atoms with E-state index in [2.05, 4.69) is 15.3 Å². The predicted molar refractivity (Wildman–Crippen MR) is 97.4 cm³/mol. The van der Waals surface area contributed by atoms with E-state index in [4.69, 9.17) is 54.9 Å². The summed E-state index contributed by atoms with van der Waals surface area (Å²) in [6.07, 6.45) is 0. The predicted octanol–water partition coefficient (Wildman–Crippen LogP) is -3.84. The zero-order valence-electron chi connectivity index (χ0n) is 12.9. The lowest BCUT2D eigenvalue weighted by molar-refractivity contribution is 0.533. The first kappa shape index (κ1) is 17.1. The molecule has 2 aliphatic heterocycles. The minimum Gasteiger partial charge on any atom is -0.340 e. The molecule has 0 aliphatic carbocycles. The van der Waals surface area contributed by atoms with Crippen LogP contribution in [0.3, 0.4) is 0 Å². The Morgan fingerprint density at radius 1 is 0.870 bits per heavy atom. The Morgan fingerprint density at radius 2 is 1.30 bits per heavy atom. The Kier molecular flexibility index (Phi) is 4.23. The van der Waals surface area contributed by atoms with Gasteiger partial charge in [-0.3, -0.25) is 0 Å². The number of nitrogens with one attached hydrogen (secondary N) is 1. The van der Waals surface area contributed by atoms with Crippen molar-refractivity contribution in [2.24, 2.45) is 11.8 Å². The second kappa shape index (κ2) is 5.68. The van der Waals surface area contributed by atoms with Crippen LogP contribution in [0.5, 0.6) is 0 Å². The lowest BCUT2D eigenvalue weighted by Crippen LogP contribution is -2.43. The molecular weight excluding hydrogens is 276 g/mol. The van der Waals surface area contributed by atoms with E-state index in [1.54, 1.807) is 0 Å². The van der Waals surface area contributed by atoms with Gasteiger partial charge in [0.2, 0.25) is 5.95 Å². The van der Waals surface area contributed by atoms with E-state index < -0.39 is 10.2 Å². The Labute approximate surface area is 146 Å². The second-order valence-electron chi connectivity index (χ2n) is 6.58. The van der Waals surface area contributed by atoms with Gasteiger partial charge in [0, 0.05) is 37.6 Å². The summed E-state index contributed by atoms with van der Waals surface area (Å²) in [7, 11) is 40.6. The average molecular weight is 287 g/mol. The molecule has 0 amide bonds. The number of rotatable bonds is 3. The summed E-state index contributed by atoms with van der Waals surface area (Å²) in [4.78, 5) is 10.7. The topological polar surface area (TPSA) is 41.1 Å². The number of aromatic nitrogens is 2. The number of anilines is 1. The molecular formula is C12H11B7N4. The molecule has 1 aromatic heterocycles. The molecule has 11 heteroatoms. The quantitative estimate of drug-likeness (QED) is 0.578. The van der Waals surface area contributed by atoms with Crippen LogP contribution < -0.4 is 15.7 Å². The monoisotopic (exact) mass is 288 g/mol. The molecule has 100 valence electrons. The van der Waals surface area contributed by atoms with Crippen molar-refractivity contribution in [2.75, 3.05) is 31.1 Å². The van der Waals surface area contributed by atoms with Gasteiger partial charge in [0.15, 0.2) is 0 Å². The van der Waals surface area contributed by atoms with Crippen molar-refractivity contribution >= 4 is 66.3 Å². The molecule has 0 bridgehead atoms. The molecule has 1 N–H and O–H groups in total. The first-order valence-electron chi connectivity index (χ1n) is 7.44. The van der Waals surface area contributed by atoms with Gasteiger partial charge in [0.1, 0.15) is 7.85 Å². The van der Waals surface area contributed by atoms with Crippen LogP contribution in [0.4, 0.5) is 5.95 Å². The smallest absolute Gasteiger partial charge is 0.225 e. The van der Waals surface area contributed by atoms with Gasteiger partial charge in [-0.25, -0.2) is 9.97 Å². The lowest BCUT2D eigenvalue weighted by atomic mass is 9.37. The lowest BCUT2D eigenvalue weighted by Gasteiger charge is -2.31. The second-order valence-corrected chi connectivity index (χ2v) is 6.58. The van der Waals surface area contributed by atoms with Crippen molar-refractivity contribution in [3.05, 3.63) is 11.4 Å². The maximum Gasteiger partial charge on any atom is 0.225 e. The summed E-state index contributed by atoms with van der Waals surface area (Å²) in [5.41, 5.74) is 0.145. The van der Waals surface area contributed by atoms with Crippen molar-refractivity contribution < 1.29 is 0 Å². The van der Waals surface area contributed by atoms with Crippen LogP contribution in [0.1, 0.15) is 11.4 Å². The fraction of sp³-hybridized carbons (Fsp3) is 0.667. The van der Waals surface area contributed by atoms with Crippen LogP contribution in [0.15, 0.2) is 0 Å². The van der Waals surface area contributed by atoms with Crippen LogP contribution in [-0.2, 0) is 10.2 Å². The van der Waals surface area contributed by atoms with Crippen LogP contribution in [-0.4, -0.2) is 91.1 Å². The Morgan fingerprint density at radius 3 is 1.70 bits per heavy atom. The Hall–Kier alpha value is -0.705. The maximum absolute atomic E-state index is 5.98. The summed E-state index contributed by atoms with van der Waals surface area (Å²) in [5.74, 6) is 1.47. The van der Waals surface area contributed by atoms with Gasteiger partial charge in [0.25, 0.3) is 0 Å². The Bertz CT molecular complexity index is 565. The molecule has 2 saturated heterocycles. The summed E-state index contributed by atoms with van der Waals surface area (Å²) >= 11 is 0. The summed E-state index contributed by atoms with van der Waals surface area (Å²) in [6.45, 7) is 3.55. The van der Waals surface area contributed by atoms with Crippen LogP contribution in [0, 0.1) is 11.8 Å². The molecule has 0 spiro atoms. The zero-order chi connectivity index (χ0) is 17.0. The summed E-state index contributed by atoms with van der Waals surface area (Å²) < 4.78 is 0. The molecule has 2 fully saturated rings. The molecule has 2 unspecified atom stereocenters. The molecule has 0 aromatic carbocycles. The Balaban J connectivity index is 2.04. The van der Waals surface area contributed by atoms with Crippen molar-refractivity contribution in [3.63, 3.8) is 0 Å². The van der Waals surface area contributed by atoms with E-state index in [0.717, 1.165) is 26.2 Å². The summed E-state index contributed by atoms with van der Waals surface area (Å²) in [5, 5.41) is -0.133. The highest BCUT2D eigenvalue weighted by Crippen LogP contribution is 2.29. The highest BCUT2D eigenvalue weighted by Gasteiger charge is 2.38. The van der Waals surface area contributed by atoms with E-state index in [1.165, 1.54) is 0 Å². The van der Waals surface area contributed by atoms with Gasteiger partial charge in [-0.2, -0.15) is 0 Å². The third-order valence-corrected chi connectivity index (χ3v) is 4.43. The minimum absolute atomic E-state index is 0.00908. The van der Waals surface area contributed by atoms with E-state index >= 15 is 0 Å². The number of nitrogens with zero attached hydrogens (tertiary/aromatic N) is 3. The number of fused-ring (bicyclic) bond motifs is 1. The third-order valence-electron chi connectivity index (χ3n) is 4.43. The third kappa shape index (κ3) is 3.26. The first-order chi connectivity index (χ1) is 10.6. The molecule has 3 heterocycles. The molecule has 0 saturated carbocycles. The van der Waals surface area contributed by atoms with Gasteiger partial charge < -0.3 is 10.2 Å². The zero-order valence-corrected chi connectivity index (χ0v) is 12.9. The largest absolute Gasteiger partial charge is 0.340 e. The van der Waals surface area contributed by atoms with Crippen molar-refractivity contribution in [1.29, 1.82) is 0 Å². The number of hydrogen-bond acceptors (Lipinski definition) is 4. The van der Waals surface area contributed by atoms with Crippen molar-refractivity contribution in [2.45, 2.75) is 10.2 Å². The molecule has 4 nitrogen and oxygen atoms in total. The first-order valence-corrected chi connectivity index (χ1v) is 7.44. The van der Waals surface area contributed by atoms with E-state index in [9.17, 15) is 0 Å². The number of hydrogen-bond donors (Lipinski definition) is 1. The minimum atomic E-state index is -1.75. The molecule has 14 radical (unpaired) electrons. The van der Waals surface area contributed by atoms with E-state index in [-0.39, 0.29) is 16.9 Å². The van der Waals surface area contributed by atoms with Crippen molar-refractivity contribution in [3.8, 4) is 0 Å². The van der Waals surface area contributed by atoms with Gasteiger partial charge in [-0.1, -0.05) is 15.7 Å². The fourth-order valence-electron chi connectivity index (χ4n) is 3.28. The van der Waals surface area contributed by atoms with Gasteiger partial charge in [-0.05, 0) is 11.8 Å². The van der Waals surface area contributed by atoms with Crippen molar-refractivity contribution in [1.82, 2.24) is 15.3 Å². The average Bonchev–Trinajstić information content (AvgIpc) is 2.96. The maximum atomic E-state index is 5.98. The van der Waals surface area contributed by atoms with Crippen LogP contribution in [0.2, 0.25) is 0 Å². The fourth-order valence-corrected chi connectivity index (χ4v) is 3.28. The highest BCUT2D eigenvalue weighted by molar-refractivity contribution is 6.62. The molecule has 2 aliphatic rings. The molecule has 1 aromatic rings. The van der Waals surface area contributed by atoms with Crippen LogP contribution in [0.25, 0.3) is 0 Å². The normalized spacial score (nSPS) is 24.8. The highest BCUT2D eigenvalue weighted by atomic mass is 15.3. The molecule has 23 heavy (non-hydrogen) atoms. The van der Waals surface area contributed by atoms with Gasteiger partial charge >= 0.3 is 0 Å². The van der Waals surface area contributed by atoms with Gasteiger partial charge in [0.05, 0.1) is 47.1 Å². The van der Waals surface area contributed by atoms with E-state index in [0.29, 0.717) is 17.8 Å². The van der Waals surface area contributed by atoms with E-state index in [1.807, 2.05) is 4.90 Å². The van der Waals surface area contributed by atoms with Crippen LogP contribution >= 0.6 is 0 Å². The van der Waals surface area contributed by atoms with Gasteiger partial charge in [-0.15, -0.1) is 0 Å².